The highest BCUT2D eigenvalue weighted by Gasteiger charge is 2.55. The summed E-state index contributed by atoms with van der Waals surface area (Å²) < 4.78 is 46.7. The number of benzene rings is 3. The molecule has 3 heterocycles. The van der Waals surface area contributed by atoms with E-state index in [9.17, 15) is 15.0 Å². The predicted octanol–water partition coefficient (Wildman–Crippen LogP) is 5.59. The van der Waals surface area contributed by atoms with Gasteiger partial charge in [-0.05, 0) is 49.6 Å². The number of aromatic nitrogens is 4. The fraction of sp³-hybridized carbons (Fsp3) is 0.389. The fourth-order valence-electron chi connectivity index (χ4n) is 6.79. The molecule has 0 spiro atoms. The van der Waals surface area contributed by atoms with Crippen LogP contribution in [-0.2, 0) is 23.4 Å². The van der Waals surface area contributed by atoms with Gasteiger partial charge >= 0.3 is 13.7 Å². The van der Waals surface area contributed by atoms with Crippen LogP contribution in [0.3, 0.4) is 0 Å². The molecule has 5 N–H and O–H groups in total. The van der Waals surface area contributed by atoms with Gasteiger partial charge in [-0.25, -0.2) is 14.3 Å². The van der Waals surface area contributed by atoms with E-state index in [2.05, 4.69) is 20.0 Å². The fourth-order valence-corrected chi connectivity index (χ4v) is 9.02. The maximum absolute atomic E-state index is 15.1. The van der Waals surface area contributed by atoms with Crippen molar-refractivity contribution in [3.63, 3.8) is 0 Å². The van der Waals surface area contributed by atoms with Gasteiger partial charge in [-0.3, -0.25) is 9.09 Å². The van der Waals surface area contributed by atoms with Crippen molar-refractivity contribution in [2.45, 2.75) is 75.2 Å². The third kappa shape index (κ3) is 7.72. The Hall–Kier alpha value is -3.90. The monoisotopic (exact) mass is 858 g/mol. The van der Waals surface area contributed by atoms with Gasteiger partial charge in [0.1, 0.15) is 35.7 Å². The molecule has 15 nitrogen and oxygen atoms in total. The Morgan fingerprint density at radius 3 is 2.55 bits per heavy atom. The zero-order valence-corrected chi connectivity index (χ0v) is 32.1. The second-order valence-electron chi connectivity index (χ2n) is 13.2. The second-order valence-corrected chi connectivity index (χ2v) is 15.9. The first kappa shape index (κ1) is 37.4. The minimum atomic E-state index is -4.54. The lowest BCUT2D eigenvalue weighted by molar-refractivity contribution is -0.153. The van der Waals surface area contributed by atoms with E-state index in [0.717, 1.165) is 37.5 Å². The van der Waals surface area contributed by atoms with Crippen LogP contribution in [0.1, 0.15) is 56.9 Å². The van der Waals surface area contributed by atoms with Gasteiger partial charge < -0.3 is 34.7 Å². The van der Waals surface area contributed by atoms with Crippen LogP contribution in [0.25, 0.3) is 21.9 Å². The van der Waals surface area contributed by atoms with Crippen molar-refractivity contribution < 1.29 is 42.8 Å². The Labute approximate surface area is 318 Å². The minimum absolute atomic E-state index is 0.0995. The largest absolute Gasteiger partial charge is 0.479 e. The van der Waals surface area contributed by atoms with Crippen molar-refractivity contribution in [3.8, 4) is 11.6 Å². The molecular formula is C36H40IN6O9P. The number of ether oxygens (including phenoxy) is 3. The van der Waals surface area contributed by atoms with Crippen LogP contribution >= 0.6 is 30.3 Å². The molecule has 5 aromatic rings. The van der Waals surface area contributed by atoms with Crippen LogP contribution in [0.5, 0.6) is 11.6 Å². The van der Waals surface area contributed by atoms with Crippen molar-refractivity contribution in [2.24, 2.45) is 0 Å². The molecule has 53 heavy (non-hydrogen) atoms. The summed E-state index contributed by atoms with van der Waals surface area (Å²) in [6.45, 7) is 0.856. The summed E-state index contributed by atoms with van der Waals surface area (Å²) in [6, 6.07) is 20.2. The minimum Gasteiger partial charge on any atom is -0.479 e. The van der Waals surface area contributed by atoms with Crippen molar-refractivity contribution in [3.05, 3.63) is 82.2 Å². The zero-order valence-electron chi connectivity index (χ0n) is 29.0. The molecule has 17 heteroatoms. The van der Waals surface area contributed by atoms with Gasteiger partial charge in [0.15, 0.2) is 21.2 Å². The number of aliphatic hydroxyl groups excluding tert-OH is 1. The Balaban J connectivity index is 1.21. The summed E-state index contributed by atoms with van der Waals surface area (Å²) in [5, 5.41) is 27.5. The number of hydrogen-bond donors (Lipinski definition) is 4. The van der Waals surface area contributed by atoms with Gasteiger partial charge in [-0.1, -0.05) is 73.2 Å². The van der Waals surface area contributed by atoms with Crippen molar-refractivity contribution in [2.75, 3.05) is 19.5 Å². The van der Waals surface area contributed by atoms with Gasteiger partial charge in [0, 0.05) is 28.0 Å². The SMILES string of the molecule is COc1nc(N)nc2c1nc(I)n2[C@@H]1O[C@H](COP(=O)(N[C@H](C(=O)OC2CCCCC2)c2ccccc2)Oc2cccc3ccccc23)[C@@H](O)[C@@]1(C)O. The summed E-state index contributed by atoms with van der Waals surface area (Å²) in [5.74, 6) is -0.381. The molecule has 6 atom stereocenters. The molecule has 7 rings (SSSR count). The Morgan fingerprint density at radius 2 is 1.79 bits per heavy atom. The molecule has 1 aliphatic carbocycles. The number of fused-ring (bicyclic) bond motifs is 2. The molecule has 1 saturated heterocycles. The number of nitrogens with zero attached hydrogens (tertiary/aromatic N) is 4. The molecule has 2 aliphatic rings. The lowest BCUT2D eigenvalue weighted by Gasteiger charge is -2.29. The summed E-state index contributed by atoms with van der Waals surface area (Å²) in [7, 11) is -3.12. The van der Waals surface area contributed by atoms with Crippen LogP contribution < -0.4 is 20.1 Å². The maximum Gasteiger partial charge on any atom is 0.459 e. The van der Waals surface area contributed by atoms with E-state index in [4.69, 9.17) is 29.0 Å². The summed E-state index contributed by atoms with van der Waals surface area (Å²) in [4.78, 5) is 26.7. The van der Waals surface area contributed by atoms with E-state index in [1.54, 1.807) is 42.5 Å². The molecule has 2 fully saturated rings. The summed E-state index contributed by atoms with van der Waals surface area (Å²) >= 11 is 1.94. The molecule has 2 aromatic heterocycles. The number of rotatable bonds is 12. The van der Waals surface area contributed by atoms with Crippen LogP contribution in [0.15, 0.2) is 72.8 Å². The van der Waals surface area contributed by atoms with Crippen LogP contribution in [0.4, 0.5) is 5.95 Å². The normalized spacial score (nSPS) is 23.8. The highest BCUT2D eigenvalue weighted by Crippen LogP contribution is 2.50. The molecule has 1 unspecified atom stereocenters. The summed E-state index contributed by atoms with van der Waals surface area (Å²) in [5.41, 5.74) is 4.96. The lowest BCUT2D eigenvalue weighted by atomic mass is 9.96. The average molecular weight is 859 g/mol. The number of nitrogen functional groups attached to an aromatic ring is 1. The number of imidazole rings is 1. The molecule has 280 valence electrons. The molecule has 0 bridgehead atoms. The van der Waals surface area contributed by atoms with E-state index in [1.165, 1.54) is 18.6 Å². The van der Waals surface area contributed by atoms with Gasteiger partial charge in [-0.15, -0.1) is 0 Å². The number of halogens is 1. The van der Waals surface area contributed by atoms with Gasteiger partial charge in [0.25, 0.3) is 0 Å². The van der Waals surface area contributed by atoms with Crippen LogP contribution in [-0.4, -0.2) is 73.3 Å². The van der Waals surface area contributed by atoms with Gasteiger partial charge in [0.05, 0.1) is 13.7 Å². The number of hydrogen-bond acceptors (Lipinski definition) is 13. The predicted molar refractivity (Wildman–Crippen MR) is 203 cm³/mol. The summed E-state index contributed by atoms with van der Waals surface area (Å²) in [6.07, 6.45) is 0.112. The number of methoxy groups -OCH3 is 1. The van der Waals surface area contributed by atoms with Crippen LogP contribution in [0, 0.1) is 3.83 Å². The standard InChI is InChI=1S/C36H40IN6O9P/c1-36(46)29(44)26(51-33(36)43-30-28(39-34(43)37)31(48-2)41-35(38)40-30)20-49-53(47,52-25-19-11-15-21-12-9-10-18-24(21)25)42-27(22-13-5-3-6-14-22)32(45)50-23-16-7-4-8-17-23/h3,5-6,9-15,18-19,23,26-27,29,33,44,46H,4,7-8,16-17,20H2,1-2H3,(H,42,47)(H2,38,40,41)/t26-,27+,29-,33-,36-,53?/m1/s1. The highest BCUT2D eigenvalue weighted by atomic mass is 127. The van der Waals surface area contributed by atoms with Gasteiger partial charge in [0.2, 0.25) is 11.8 Å². The zero-order chi connectivity index (χ0) is 37.3. The topological polar surface area (TPSA) is 202 Å². The van der Waals surface area contributed by atoms with E-state index in [1.807, 2.05) is 52.9 Å². The van der Waals surface area contributed by atoms with Crippen LogP contribution in [0.2, 0.25) is 0 Å². The third-order valence-electron chi connectivity index (χ3n) is 9.53. The number of anilines is 1. The number of nitrogens with one attached hydrogen (secondary N) is 1. The molecule has 3 aromatic carbocycles. The molecule has 1 saturated carbocycles. The van der Waals surface area contributed by atoms with Crippen molar-refractivity contribution in [1.82, 2.24) is 24.6 Å². The Kier molecular flexibility index (Phi) is 10.9. The quantitative estimate of drug-likeness (QED) is 0.0523. The molecule has 0 amide bonds. The third-order valence-corrected chi connectivity index (χ3v) is 11.8. The van der Waals surface area contributed by atoms with E-state index >= 15 is 4.57 Å². The first-order valence-corrected chi connectivity index (χ1v) is 19.9. The van der Waals surface area contributed by atoms with Crippen molar-refractivity contribution in [1.29, 1.82) is 0 Å². The number of esters is 1. The molecular weight excluding hydrogens is 818 g/mol. The Bertz CT molecular complexity index is 2140. The number of nitrogens with two attached hydrogens (primary N) is 1. The maximum atomic E-state index is 15.1. The number of carbonyl (C=O) groups is 1. The number of aliphatic hydroxyl groups is 2. The highest BCUT2D eigenvalue weighted by molar-refractivity contribution is 14.1. The smallest absolute Gasteiger partial charge is 0.459 e. The second kappa shape index (κ2) is 15.5. The molecule has 0 radical (unpaired) electrons. The van der Waals surface area contributed by atoms with Crippen molar-refractivity contribution >= 4 is 64.2 Å². The van der Waals surface area contributed by atoms with E-state index in [-0.39, 0.29) is 34.8 Å². The molecule has 1 aliphatic heterocycles. The lowest BCUT2D eigenvalue weighted by Crippen LogP contribution is -2.44. The van der Waals surface area contributed by atoms with E-state index in [0.29, 0.717) is 14.8 Å². The van der Waals surface area contributed by atoms with E-state index < -0.39 is 50.4 Å². The first-order valence-electron chi connectivity index (χ1n) is 17.2. The number of carbonyl (C=O) groups excluding carboxylic acids is 1. The first-order chi connectivity index (χ1) is 25.5. The van der Waals surface area contributed by atoms with Gasteiger partial charge in [-0.2, -0.15) is 15.1 Å². The Morgan fingerprint density at radius 1 is 1.08 bits per heavy atom. The average Bonchev–Trinajstić information content (AvgIpc) is 3.60.